The predicted molar refractivity (Wildman–Crippen MR) is 125 cm³/mol. The fourth-order valence-corrected chi connectivity index (χ4v) is 4.83. The molecule has 0 radical (unpaired) electrons. The van der Waals surface area contributed by atoms with Crippen LogP contribution in [-0.4, -0.2) is 34.0 Å². The van der Waals surface area contributed by atoms with Crippen molar-refractivity contribution in [2.75, 3.05) is 17.7 Å². The summed E-state index contributed by atoms with van der Waals surface area (Å²) >= 11 is 2.60. The Hall–Kier alpha value is -3.61. The van der Waals surface area contributed by atoms with Gasteiger partial charge in [0.15, 0.2) is 6.61 Å². The number of aromatic nitrogens is 2. The van der Waals surface area contributed by atoms with Gasteiger partial charge in [0.05, 0.1) is 28.9 Å². The van der Waals surface area contributed by atoms with E-state index in [0.29, 0.717) is 10.6 Å². The van der Waals surface area contributed by atoms with Gasteiger partial charge in [0.2, 0.25) is 0 Å². The number of hydrogen-bond acceptors (Lipinski definition) is 7. The lowest BCUT2D eigenvalue weighted by molar-refractivity contribution is -0.119. The number of nitrogens with one attached hydrogen (secondary N) is 1. The minimum atomic E-state index is -0.562. The number of nitrogens with zero attached hydrogens (tertiary/aromatic N) is 3. The highest BCUT2D eigenvalue weighted by molar-refractivity contribution is 7.99. The van der Waals surface area contributed by atoms with Gasteiger partial charge in [-0.15, -0.1) is 23.1 Å². The summed E-state index contributed by atoms with van der Waals surface area (Å²) in [7, 11) is 0. The number of amides is 1. The molecule has 0 aliphatic heterocycles. The van der Waals surface area contributed by atoms with Crippen molar-refractivity contribution < 1.29 is 14.3 Å². The number of thiophene rings is 1. The maximum absolute atomic E-state index is 12.6. The number of anilines is 1. The average Bonchev–Trinajstić information content (AvgIpc) is 3.38. The van der Waals surface area contributed by atoms with Crippen molar-refractivity contribution in [3.05, 3.63) is 71.2 Å². The Morgan fingerprint density at radius 1 is 1.19 bits per heavy atom. The first-order valence-electron chi connectivity index (χ1n) is 9.67. The van der Waals surface area contributed by atoms with Crippen LogP contribution >= 0.6 is 23.1 Å². The van der Waals surface area contributed by atoms with Crippen LogP contribution in [0.4, 0.5) is 5.69 Å². The van der Waals surface area contributed by atoms with Crippen LogP contribution in [0.5, 0.6) is 0 Å². The minimum absolute atomic E-state index is 0.271. The molecule has 4 rings (SSSR count). The number of rotatable bonds is 7. The van der Waals surface area contributed by atoms with Crippen molar-refractivity contribution in [2.45, 2.75) is 11.8 Å². The topological polar surface area (TPSA) is 97.0 Å². The van der Waals surface area contributed by atoms with E-state index in [1.807, 2.05) is 49.4 Å². The lowest BCUT2D eigenvalue weighted by Crippen LogP contribution is -2.20. The number of aryl methyl sites for hydroxylation is 1. The molecule has 32 heavy (non-hydrogen) atoms. The Morgan fingerprint density at radius 3 is 2.72 bits per heavy atom. The lowest BCUT2D eigenvalue weighted by Gasteiger charge is -2.09. The molecular formula is C23H18N4O3S2. The summed E-state index contributed by atoms with van der Waals surface area (Å²) < 4.78 is 7.04. The third kappa shape index (κ3) is 4.66. The molecule has 4 aromatic rings. The number of nitriles is 1. The summed E-state index contributed by atoms with van der Waals surface area (Å²) in [5.74, 6) is -0.739. The normalized spacial score (nSPS) is 10.6. The Balaban J connectivity index is 1.44. The molecule has 0 spiro atoms. The first kappa shape index (κ1) is 21.6. The van der Waals surface area contributed by atoms with Crippen LogP contribution in [0.15, 0.2) is 65.6 Å². The van der Waals surface area contributed by atoms with Crippen molar-refractivity contribution in [3.8, 4) is 11.8 Å². The van der Waals surface area contributed by atoms with E-state index in [1.54, 1.807) is 22.9 Å². The molecule has 0 aliphatic rings. The van der Waals surface area contributed by atoms with E-state index in [4.69, 9.17) is 10.00 Å². The molecule has 160 valence electrons. The van der Waals surface area contributed by atoms with E-state index in [2.05, 4.69) is 16.5 Å². The number of para-hydroxylation sites is 2. The van der Waals surface area contributed by atoms with Gasteiger partial charge in [-0.1, -0.05) is 30.3 Å². The smallest absolute Gasteiger partial charge is 0.348 e. The first-order valence-corrected chi connectivity index (χ1v) is 11.5. The van der Waals surface area contributed by atoms with Crippen LogP contribution in [0.2, 0.25) is 0 Å². The average molecular weight is 463 g/mol. The van der Waals surface area contributed by atoms with Gasteiger partial charge in [-0.3, -0.25) is 4.79 Å². The van der Waals surface area contributed by atoms with Crippen molar-refractivity contribution in [1.29, 1.82) is 5.26 Å². The Kier molecular flexibility index (Phi) is 6.54. The van der Waals surface area contributed by atoms with Gasteiger partial charge in [0, 0.05) is 10.3 Å². The molecule has 1 N–H and O–H groups in total. The number of esters is 1. The van der Waals surface area contributed by atoms with Crippen LogP contribution < -0.4 is 5.32 Å². The highest BCUT2D eigenvalue weighted by Gasteiger charge is 2.19. The van der Waals surface area contributed by atoms with E-state index < -0.39 is 18.5 Å². The van der Waals surface area contributed by atoms with E-state index in [0.717, 1.165) is 26.5 Å². The van der Waals surface area contributed by atoms with Crippen LogP contribution in [0.1, 0.15) is 15.4 Å². The molecule has 1 amide bonds. The summed E-state index contributed by atoms with van der Waals surface area (Å²) in [6, 6.07) is 20.7. The van der Waals surface area contributed by atoms with Gasteiger partial charge < -0.3 is 10.1 Å². The van der Waals surface area contributed by atoms with E-state index >= 15 is 0 Å². The second kappa shape index (κ2) is 9.68. The fourth-order valence-electron chi connectivity index (χ4n) is 3.09. The van der Waals surface area contributed by atoms with E-state index in [-0.39, 0.29) is 5.75 Å². The number of thioether (sulfide) groups is 1. The monoisotopic (exact) mass is 462 g/mol. The molecule has 2 heterocycles. The molecule has 0 saturated carbocycles. The van der Waals surface area contributed by atoms with E-state index in [1.165, 1.54) is 23.1 Å². The number of carbonyl (C=O) groups excluding carboxylic acids is 2. The van der Waals surface area contributed by atoms with Gasteiger partial charge in [-0.2, -0.15) is 10.4 Å². The van der Waals surface area contributed by atoms with E-state index in [9.17, 15) is 9.59 Å². The second-order valence-corrected chi connectivity index (χ2v) is 8.78. The molecule has 0 atom stereocenters. The van der Waals surface area contributed by atoms with Gasteiger partial charge in [0.25, 0.3) is 5.91 Å². The van der Waals surface area contributed by atoms with Gasteiger partial charge in [0.1, 0.15) is 9.71 Å². The number of ether oxygens (including phenoxy) is 1. The van der Waals surface area contributed by atoms with Crippen LogP contribution in [0, 0.1) is 18.3 Å². The number of fused-ring (bicyclic) bond motifs is 1. The highest BCUT2D eigenvalue weighted by Crippen LogP contribution is 2.31. The molecule has 2 aromatic carbocycles. The standard InChI is InChI=1S/C23H18N4O3S2/c1-15-17-13-20(32-22(17)27(26-15)16-7-3-2-4-8-16)23(29)30-14-21(28)25-18-9-5-6-10-19(18)31-12-11-24/h2-10,13H,12,14H2,1H3,(H,25,28). The van der Waals surface area contributed by atoms with Gasteiger partial charge >= 0.3 is 5.97 Å². The summed E-state index contributed by atoms with van der Waals surface area (Å²) in [4.78, 5) is 26.9. The second-order valence-electron chi connectivity index (χ2n) is 6.73. The van der Waals surface area contributed by atoms with Crippen molar-refractivity contribution in [2.24, 2.45) is 0 Å². The summed E-state index contributed by atoms with van der Waals surface area (Å²) in [5.41, 5.74) is 2.29. The zero-order valence-electron chi connectivity index (χ0n) is 17.1. The molecule has 0 bridgehead atoms. The third-order valence-corrected chi connectivity index (χ3v) is 6.57. The zero-order chi connectivity index (χ0) is 22.5. The summed E-state index contributed by atoms with van der Waals surface area (Å²) in [6.07, 6.45) is 0. The molecule has 0 saturated heterocycles. The molecule has 0 aliphatic carbocycles. The van der Waals surface area contributed by atoms with Gasteiger partial charge in [-0.25, -0.2) is 9.48 Å². The van der Waals surface area contributed by atoms with Crippen LogP contribution in [-0.2, 0) is 9.53 Å². The SMILES string of the molecule is Cc1nn(-c2ccccc2)c2sc(C(=O)OCC(=O)Nc3ccccc3SCC#N)cc12. The third-order valence-electron chi connectivity index (χ3n) is 4.53. The Morgan fingerprint density at radius 2 is 1.94 bits per heavy atom. The summed E-state index contributed by atoms with van der Waals surface area (Å²) in [5, 5.41) is 16.9. The zero-order valence-corrected chi connectivity index (χ0v) is 18.7. The maximum atomic E-state index is 12.6. The van der Waals surface area contributed by atoms with Crippen LogP contribution in [0.3, 0.4) is 0 Å². The summed E-state index contributed by atoms with van der Waals surface area (Å²) in [6.45, 7) is 1.48. The first-order chi connectivity index (χ1) is 15.6. The lowest BCUT2D eigenvalue weighted by atomic mass is 10.3. The highest BCUT2D eigenvalue weighted by atomic mass is 32.2. The minimum Gasteiger partial charge on any atom is -0.451 e. The molecule has 0 fully saturated rings. The number of benzene rings is 2. The largest absolute Gasteiger partial charge is 0.451 e. The Bertz CT molecular complexity index is 1320. The molecular weight excluding hydrogens is 444 g/mol. The van der Waals surface area contributed by atoms with Crippen molar-refractivity contribution in [1.82, 2.24) is 9.78 Å². The Labute approximate surface area is 192 Å². The fraction of sp³-hybridized carbons (Fsp3) is 0.130. The van der Waals surface area contributed by atoms with Gasteiger partial charge in [-0.05, 0) is 37.3 Å². The molecule has 9 heteroatoms. The quantitative estimate of drug-likeness (QED) is 0.313. The molecule has 2 aromatic heterocycles. The maximum Gasteiger partial charge on any atom is 0.348 e. The van der Waals surface area contributed by atoms with Crippen molar-refractivity contribution >= 4 is 50.9 Å². The van der Waals surface area contributed by atoms with Crippen molar-refractivity contribution in [3.63, 3.8) is 0 Å². The molecule has 0 unspecified atom stereocenters. The number of hydrogen-bond donors (Lipinski definition) is 1. The predicted octanol–water partition coefficient (Wildman–Crippen LogP) is 4.81. The number of carbonyl (C=O) groups is 2. The van der Waals surface area contributed by atoms with Crippen LogP contribution in [0.25, 0.3) is 15.9 Å². The molecule has 7 nitrogen and oxygen atoms in total.